The SMILES string of the molecule is CC/C=C\C/C=C\C/C=C\C/C=C\CCCCCCCCCCCCCCCCCCCCCCC(=O)OCC(COC(=O)CCCCCCC/C=C\C/C=C\CCCC)OC(=O)CCCCCCCCC/C=C\CCCCCCCC. The molecule has 0 saturated heterocycles. The van der Waals surface area contributed by atoms with Gasteiger partial charge in [0.25, 0.3) is 0 Å². The zero-order chi connectivity index (χ0) is 59.2. The van der Waals surface area contributed by atoms with Gasteiger partial charge in [0.15, 0.2) is 6.10 Å². The molecule has 0 aliphatic carbocycles. The lowest BCUT2D eigenvalue weighted by Gasteiger charge is -2.18. The van der Waals surface area contributed by atoms with Crippen molar-refractivity contribution >= 4 is 17.9 Å². The Labute approximate surface area is 509 Å². The molecule has 0 aromatic rings. The van der Waals surface area contributed by atoms with Gasteiger partial charge in [0.1, 0.15) is 13.2 Å². The highest BCUT2D eigenvalue weighted by molar-refractivity contribution is 5.71. The Morgan fingerprint density at radius 2 is 0.488 bits per heavy atom. The molecule has 0 heterocycles. The Morgan fingerprint density at radius 3 is 0.793 bits per heavy atom. The highest BCUT2D eigenvalue weighted by atomic mass is 16.6. The zero-order valence-corrected chi connectivity index (χ0v) is 54.5. The molecule has 0 spiro atoms. The fourth-order valence-electron chi connectivity index (χ4n) is 10.3. The summed E-state index contributed by atoms with van der Waals surface area (Å²) in [6, 6.07) is 0. The summed E-state index contributed by atoms with van der Waals surface area (Å²) < 4.78 is 17.0. The van der Waals surface area contributed by atoms with Gasteiger partial charge < -0.3 is 14.2 Å². The standard InChI is InChI=1S/C76H134O6/c1-4-7-10-13-16-19-22-25-28-30-31-32-33-34-35-36-37-38-39-40-41-42-43-44-45-47-48-51-54-57-60-63-66-69-75(78)81-72-73(71-80-74(77)68-65-62-59-56-53-50-27-24-21-18-15-12-9-6-3)82-76(79)70-67-64-61-58-55-52-49-46-29-26-23-20-17-14-11-8-5-2/h7,10,15-16,18-19,24-29,31-32,73H,4-6,8-9,11-14,17,20-23,30,33-72H2,1-3H3/b10-7-,18-15-,19-16-,27-24-,28-25-,29-26-,32-31-. The van der Waals surface area contributed by atoms with Gasteiger partial charge in [-0.1, -0.05) is 318 Å². The predicted molar refractivity (Wildman–Crippen MR) is 358 cm³/mol. The third kappa shape index (κ3) is 67.4. The molecular formula is C76H134O6. The lowest BCUT2D eigenvalue weighted by molar-refractivity contribution is -0.167. The molecule has 0 radical (unpaired) electrons. The van der Waals surface area contributed by atoms with Crippen LogP contribution in [0.25, 0.3) is 0 Å². The number of rotatable bonds is 65. The van der Waals surface area contributed by atoms with Crippen molar-refractivity contribution in [3.05, 3.63) is 85.1 Å². The van der Waals surface area contributed by atoms with E-state index in [2.05, 4.69) is 106 Å². The molecular weight excluding hydrogens is 1010 g/mol. The number of hydrogen-bond acceptors (Lipinski definition) is 6. The van der Waals surface area contributed by atoms with Gasteiger partial charge in [0, 0.05) is 19.3 Å². The maximum atomic E-state index is 12.9. The summed E-state index contributed by atoms with van der Waals surface area (Å²) >= 11 is 0. The normalized spacial score (nSPS) is 12.6. The third-order valence-corrected chi connectivity index (χ3v) is 15.6. The van der Waals surface area contributed by atoms with Crippen LogP contribution in [0.5, 0.6) is 0 Å². The number of esters is 3. The summed E-state index contributed by atoms with van der Waals surface area (Å²) in [4.78, 5) is 38.4. The van der Waals surface area contributed by atoms with E-state index in [-0.39, 0.29) is 31.1 Å². The fraction of sp³-hybridized carbons (Fsp3) is 0.776. The lowest BCUT2D eigenvalue weighted by atomic mass is 10.0. The van der Waals surface area contributed by atoms with E-state index in [0.29, 0.717) is 19.3 Å². The van der Waals surface area contributed by atoms with Crippen molar-refractivity contribution in [2.24, 2.45) is 0 Å². The van der Waals surface area contributed by atoms with Crippen molar-refractivity contribution < 1.29 is 28.6 Å². The summed E-state index contributed by atoms with van der Waals surface area (Å²) in [5, 5.41) is 0. The highest BCUT2D eigenvalue weighted by Gasteiger charge is 2.19. The van der Waals surface area contributed by atoms with Crippen LogP contribution >= 0.6 is 0 Å². The van der Waals surface area contributed by atoms with Crippen LogP contribution in [-0.4, -0.2) is 37.2 Å². The molecule has 1 atom stereocenters. The summed E-state index contributed by atoms with van der Waals surface area (Å²) in [6.07, 6.45) is 93.3. The number of carbonyl (C=O) groups is 3. The minimum atomic E-state index is -0.783. The second-order valence-corrected chi connectivity index (χ2v) is 23.8. The quantitative estimate of drug-likeness (QED) is 0.0261. The first-order valence-corrected chi connectivity index (χ1v) is 35.6. The molecule has 0 aliphatic heterocycles. The molecule has 1 unspecified atom stereocenters. The zero-order valence-electron chi connectivity index (χ0n) is 54.5. The van der Waals surface area contributed by atoms with Gasteiger partial charge in [0.2, 0.25) is 0 Å². The Hall–Kier alpha value is -3.41. The van der Waals surface area contributed by atoms with Gasteiger partial charge in [-0.2, -0.15) is 0 Å². The number of unbranched alkanes of at least 4 members (excludes halogenated alkanes) is 40. The summed E-state index contributed by atoms with van der Waals surface area (Å²) in [5.41, 5.74) is 0. The van der Waals surface area contributed by atoms with E-state index in [0.717, 1.165) is 103 Å². The van der Waals surface area contributed by atoms with E-state index < -0.39 is 6.10 Å². The fourth-order valence-corrected chi connectivity index (χ4v) is 10.3. The van der Waals surface area contributed by atoms with Crippen LogP contribution in [0.3, 0.4) is 0 Å². The number of hydrogen-bond donors (Lipinski definition) is 0. The Balaban J connectivity index is 4.16. The molecule has 0 aromatic heterocycles. The maximum Gasteiger partial charge on any atom is 0.306 e. The summed E-state index contributed by atoms with van der Waals surface area (Å²) in [7, 11) is 0. The molecule has 0 aliphatic rings. The Bertz CT molecular complexity index is 1550. The van der Waals surface area contributed by atoms with Crippen molar-refractivity contribution in [1.29, 1.82) is 0 Å². The van der Waals surface area contributed by atoms with Crippen LogP contribution in [0.15, 0.2) is 85.1 Å². The second-order valence-electron chi connectivity index (χ2n) is 23.8. The first kappa shape index (κ1) is 78.6. The predicted octanol–water partition coefficient (Wildman–Crippen LogP) is 24.6. The van der Waals surface area contributed by atoms with Gasteiger partial charge in [-0.3, -0.25) is 14.4 Å². The van der Waals surface area contributed by atoms with Gasteiger partial charge in [-0.25, -0.2) is 0 Å². The molecule has 0 N–H and O–H groups in total. The Kier molecular flexibility index (Phi) is 67.2. The highest BCUT2D eigenvalue weighted by Crippen LogP contribution is 2.18. The van der Waals surface area contributed by atoms with Crippen molar-refractivity contribution in [1.82, 2.24) is 0 Å². The maximum absolute atomic E-state index is 12.9. The summed E-state index contributed by atoms with van der Waals surface area (Å²) in [6.45, 7) is 6.51. The van der Waals surface area contributed by atoms with Crippen LogP contribution in [0.4, 0.5) is 0 Å². The molecule has 0 aromatic carbocycles. The third-order valence-electron chi connectivity index (χ3n) is 15.6. The van der Waals surface area contributed by atoms with Crippen LogP contribution in [0.2, 0.25) is 0 Å². The topological polar surface area (TPSA) is 78.9 Å². The smallest absolute Gasteiger partial charge is 0.306 e. The molecule has 6 heteroatoms. The molecule has 0 fully saturated rings. The van der Waals surface area contributed by atoms with Gasteiger partial charge in [-0.05, 0) is 109 Å². The van der Waals surface area contributed by atoms with Gasteiger partial charge in [-0.15, -0.1) is 0 Å². The number of allylic oxidation sites excluding steroid dienone is 14. The largest absolute Gasteiger partial charge is 0.462 e. The molecule has 82 heavy (non-hydrogen) atoms. The first-order valence-electron chi connectivity index (χ1n) is 35.6. The number of ether oxygens (including phenoxy) is 3. The van der Waals surface area contributed by atoms with Crippen LogP contribution in [-0.2, 0) is 28.6 Å². The molecule has 6 nitrogen and oxygen atoms in total. The van der Waals surface area contributed by atoms with E-state index in [1.165, 1.54) is 218 Å². The monoisotopic (exact) mass is 1140 g/mol. The van der Waals surface area contributed by atoms with Crippen molar-refractivity contribution in [3.8, 4) is 0 Å². The van der Waals surface area contributed by atoms with Crippen molar-refractivity contribution in [2.75, 3.05) is 13.2 Å². The summed E-state index contributed by atoms with van der Waals surface area (Å²) in [5.74, 6) is -0.878. The van der Waals surface area contributed by atoms with Crippen LogP contribution in [0.1, 0.15) is 361 Å². The minimum absolute atomic E-state index is 0.0784. The van der Waals surface area contributed by atoms with E-state index in [1.54, 1.807) is 0 Å². The van der Waals surface area contributed by atoms with E-state index in [9.17, 15) is 14.4 Å². The molecule has 0 saturated carbocycles. The van der Waals surface area contributed by atoms with E-state index >= 15 is 0 Å². The molecule has 0 rings (SSSR count). The molecule has 0 bridgehead atoms. The second kappa shape index (κ2) is 70.1. The van der Waals surface area contributed by atoms with Gasteiger partial charge in [0.05, 0.1) is 0 Å². The average molecular weight is 1140 g/mol. The Morgan fingerprint density at radius 1 is 0.256 bits per heavy atom. The van der Waals surface area contributed by atoms with Crippen molar-refractivity contribution in [3.63, 3.8) is 0 Å². The van der Waals surface area contributed by atoms with E-state index in [1.807, 2.05) is 0 Å². The average Bonchev–Trinajstić information content (AvgIpc) is 3.47. The first-order chi connectivity index (χ1) is 40.5. The minimum Gasteiger partial charge on any atom is -0.462 e. The molecule has 0 amide bonds. The van der Waals surface area contributed by atoms with Crippen LogP contribution < -0.4 is 0 Å². The lowest BCUT2D eigenvalue weighted by Crippen LogP contribution is -2.30. The van der Waals surface area contributed by atoms with E-state index in [4.69, 9.17) is 14.2 Å². The van der Waals surface area contributed by atoms with Crippen molar-refractivity contribution in [2.45, 2.75) is 367 Å². The number of carbonyl (C=O) groups excluding carboxylic acids is 3. The van der Waals surface area contributed by atoms with Crippen LogP contribution in [0, 0.1) is 0 Å². The van der Waals surface area contributed by atoms with Gasteiger partial charge >= 0.3 is 17.9 Å². The molecule has 474 valence electrons.